The van der Waals surface area contributed by atoms with Crippen LogP contribution in [0.3, 0.4) is 0 Å². The summed E-state index contributed by atoms with van der Waals surface area (Å²) < 4.78 is 29.7. The summed E-state index contributed by atoms with van der Waals surface area (Å²) in [6.45, 7) is 4.57. The zero-order valence-electron chi connectivity index (χ0n) is 16.1. The largest absolute Gasteiger partial charge is 0.385 e. The number of ether oxygens (including phenoxy) is 5. The molecule has 154 valence electrons. The van der Waals surface area contributed by atoms with E-state index in [1.54, 1.807) is 6.08 Å². The van der Waals surface area contributed by atoms with Crippen molar-refractivity contribution in [3.63, 3.8) is 0 Å². The maximum absolute atomic E-state index is 10.9. The van der Waals surface area contributed by atoms with E-state index in [1.807, 2.05) is 60.7 Å². The van der Waals surface area contributed by atoms with Crippen LogP contribution in [0.5, 0.6) is 0 Å². The van der Waals surface area contributed by atoms with Gasteiger partial charge in [0.2, 0.25) is 0 Å². The molecule has 6 atom stereocenters. The van der Waals surface area contributed by atoms with Crippen molar-refractivity contribution in [1.29, 1.82) is 0 Å². The predicted molar refractivity (Wildman–Crippen MR) is 106 cm³/mol. The Labute approximate surface area is 170 Å². The number of benzene rings is 2. The van der Waals surface area contributed by atoms with Crippen molar-refractivity contribution in [2.75, 3.05) is 13.2 Å². The van der Waals surface area contributed by atoms with Gasteiger partial charge in [0.25, 0.3) is 0 Å². The Morgan fingerprint density at radius 1 is 1.00 bits per heavy atom. The topological polar surface area (TPSA) is 66.4 Å². The summed E-state index contributed by atoms with van der Waals surface area (Å²) in [7, 11) is 0. The monoisotopic (exact) mass is 398 g/mol. The maximum atomic E-state index is 10.9. The molecule has 2 aromatic rings. The lowest BCUT2D eigenvalue weighted by atomic mass is 9.97. The molecule has 0 spiro atoms. The molecule has 2 heterocycles. The van der Waals surface area contributed by atoms with Crippen molar-refractivity contribution in [3.05, 3.63) is 84.4 Å². The van der Waals surface area contributed by atoms with Crippen molar-refractivity contribution in [3.8, 4) is 0 Å². The van der Waals surface area contributed by atoms with Gasteiger partial charge in [-0.05, 0) is 5.56 Å². The summed E-state index contributed by atoms with van der Waals surface area (Å²) in [4.78, 5) is 0. The summed E-state index contributed by atoms with van der Waals surface area (Å²) in [5.41, 5.74) is 1.92. The highest BCUT2D eigenvalue weighted by atomic mass is 16.8. The van der Waals surface area contributed by atoms with E-state index in [9.17, 15) is 5.11 Å². The Bertz CT molecular complexity index is 767. The third-order valence-electron chi connectivity index (χ3n) is 5.04. The van der Waals surface area contributed by atoms with Crippen molar-refractivity contribution >= 4 is 0 Å². The molecule has 2 unspecified atom stereocenters. The van der Waals surface area contributed by atoms with Crippen LogP contribution >= 0.6 is 0 Å². The summed E-state index contributed by atoms with van der Waals surface area (Å²) in [5, 5.41) is 10.9. The molecule has 0 aliphatic carbocycles. The van der Waals surface area contributed by atoms with Gasteiger partial charge in [-0.2, -0.15) is 0 Å². The Morgan fingerprint density at radius 2 is 1.72 bits per heavy atom. The minimum atomic E-state index is -1.01. The lowest BCUT2D eigenvalue weighted by Gasteiger charge is -2.47. The fourth-order valence-electron chi connectivity index (χ4n) is 3.60. The zero-order chi connectivity index (χ0) is 20.1. The molecule has 2 fully saturated rings. The maximum Gasteiger partial charge on any atom is 0.187 e. The Kier molecular flexibility index (Phi) is 6.71. The van der Waals surface area contributed by atoms with Gasteiger partial charge in [0.1, 0.15) is 24.4 Å². The fourth-order valence-corrected chi connectivity index (χ4v) is 3.60. The number of hydrogen-bond acceptors (Lipinski definition) is 6. The van der Waals surface area contributed by atoms with Crippen LogP contribution in [0.4, 0.5) is 0 Å². The van der Waals surface area contributed by atoms with Crippen LogP contribution in [-0.4, -0.2) is 49.0 Å². The van der Waals surface area contributed by atoms with E-state index >= 15 is 0 Å². The number of aliphatic hydroxyl groups excluding tert-OH is 1. The summed E-state index contributed by atoms with van der Waals surface area (Å²) in [6, 6.07) is 19.5. The first kappa shape index (κ1) is 20.2. The average molecular weight is 398 g/mol. The van der Waals surface area contributed by atoms with Crippen LogP contribution in [0.25, 0.3) is 0 Å². The molecular weight excluding hydrogens is 372 g/mol. The highest BCUT2D eigenvalue weighted by Crippen LogP contribution is 2.35. The van der Waals surface area contributed by atoms with Gasteiger partial charge in [0, 0.05) is 5.56 Å². The lowest BCUT2D eigenvalue weighted by Crippen LogP contribution is -2.63. The van der Waals surface area contributed by atoms with Gasteiger partial charge < -0.3 is 28.8 Å². The summed E-state index contributed by atoms with van der Waals surface area (Å²) in [6.07, 6.45) is -2.29. The van der Waals surface area contributed by atoms with Crippen LogP contribution in [-0.2, 0) is 30.3 Å². The smallest absolute Gasteiger partial charge is 0.187 e. The molecule has 0 bridgehead atoms. The molecule has 0 amide bonds. The van der Waals surface area contributed by atoms with E-state index in [2.05, 4.69) is 6.58 Å². The minimum absolute atomic E-state index is 0.263. The van der Waals surface area contributed by atoms with E-state index in [1.165, 1.54) is 0 Å². The minimum Gasteiger partial charge on any atom is -0.385 e. The van der Waals surface area contributed by atoms with Crippen LogP contribution < -0.4 is 0 Å². The van der Waals surface area contributed by atoms with Crippen molar-refractivity contribution < 1.29 is 28.8 Å². The average Bonchev–Trinajstić information content (AvgIpc) is 2.78. The van der Waals surface area contributed by atoms with Gasteiger partial charge in [-0.15, -0.1) is 6.58 Å². The number of rotatable bonds is 7. The Morgan fingerprint density at radius 3 is 2.45 bits per heavy atom. The molecule has 0 saturated carbocycles. The molecule has 2 aliphatic rings. The van der Waals surface area contributed by atoms with E-state index in [0.29, 0.717) is 13.2 Å². The normalized spacial score (nSPS) is 31.8. The van der Waals surface area contributed by atoms with Crippen LogP contribution in [0.1, 0.15) is 17.4 Å². The Balaban J connectivity index is 1.51. The third-order valence-corrected chi connectivity index (χ3v) is 5.04. The van der Waals surface area contributed by atoms with Crippen LogP contribution in [0.2, 0.25) is 0 Å². The number of aliphatic hydroxyl groups is 1. The van der Waals surface area contributed by atoms with Gasteiger partial charge in [-0.25, -0.2) is 0 Å². The first-order chi connectivity index (χ1) is 14.3. The second kappa shape index (κ2) is 9.63. The molecule has 2 aromatic carbocycles. The predicted octanol–water partition coefficient (Wildman–Crippen LogP) is 2.97. The molecule has 4 rings (SSSR count). The van der Waals surface area contributed by atoms with Gasteiger partial charge >= 0.3 is 0 Å². The SMILES string of the molecule is C=CCOC1O[C@@H]2COC(c3ccccc3)O[C@H]2[C@H](OCc2ccccc2)[C@H]1O. The molecular formula is C23H26O6. The standard InChI is InChI=1S/C23H26O6/c1-2-13-25-23-19(24)21(26-14-16-9-5-3-6-10-16)20-18(28-23)15-27-22(29-20)17-11-7-4-8-12-17/h2-12,18-24H,1,13-15H2/t18-,19-,20-,21-,22?,23?/m1/s1. The van der Waals surface area contributed by atoms with Crippen LogP contribution in [0.15, 0.2) is 73.3 Å². The van der Waals surface area contributed by atoms with E-state index in [0.717, 1.165) is 11.1 Å². The molecule has 6 heteroatoms. The number of hydrogen-bond donors (Lipinski definition) is 1. The highest BCUT2D eigenvalue weighted by Gasteiger charge is 2.50. The second-order valence-corrected chi connectivity index (χ2v) is 7.09. The van der Waals surface area contributed by atoms with Gasteiger partial charge in [-0.3, -0.25) is 0 Å². The van der Waals surface area contributed by atoms with Crippen LogP contribution in [0, 0.1) is 0 Å². The molecule has 6 nitrogen and oxygen atoms in total. The van der Waals surface area contributed by atoms with Crippen molar-refractivity contribution in [2.45, 2.75) is 43.6 Å². The van der Waals surface area contributed by atoms with E-state index < -0.39 is 37.0 Å². The zero-order valence-corrected chi connectivity index (χ0v) is 16.1. The molecule has 2 aliphatic heterocycles. The highest BCUT2D eigenvalue weighted by molar-refractivity contribution is 5.17. The molecule has 29 heavy (non-hydrogen) atoms. The summed E-state index contributed by atoms with van der Waals surface area (Å²) in [5.74, 6) is 0. The van der Waals surface area contributed by atoms with Gasteiger partial charge in [0.05, 0.1) is 19.8 Å². The van der Waals surface area contributed by atoms with Crippen molar-refractivity contribution in [2.24, 2.45) is 0 Å². The molecule has 0 radical (unpaired) electrons. The summed E-state index contributed by atoms with van der Waals surface area (Å²) >= 11 is 0. The fraction of sp³-hybridized carbons (Fsp3) is 0.391. The van der Waals surface area contributed by atoms with Crippen molar-refractivity contribution in [1.82, 2.24) is 0 Å². The Hall–Kier alpha value is -2.06. The van der Waals surface area contributed by atoms with Gasteiger partial charge in [-0.1, -0.05) is 66.7 Å². The second-order valence-electron chi connectivity index (χ2n) is 7.09. The number of fused-ring (bicyclic) bond motifs is 1. The first-order valence-corrected chi connectivity index (χ1v) is 9.80. The third kappa shape index (κ3) is 4.75. The lowest BCUT2D eigenvalue weighted by molar-refractivity contribution is -0.365. The van der Waals surface area contributed by atoms with E-state index in [4.69, 9.17) is 23.7 Å². The van der Waals surface area contributed by atoms with Gasteiger partial charge in [0.15, 0.2) is 12.6 Å². The molecule has 1 N–H and O–H groups in total. The molecule has 2 saturated heterocycles. The van der Waals surface area contributed by atoms with E-state index in [-0.39, 0.29) is 6.61 Å². The first-order valence-electron chi connectivity index (χ1n) is 9.80. The molecule has 0 aromatic heterocycles. The quantitative estimate of drug-likeness (QED) is 0.724.